The highest BCUT2D eigenvalue weighted by atomic mass is 19.1. The molecule has 2 unspecified atom stereocenters. The summed E-state index contributed by atoms with van der Waals surface area (Å²) in [5, 5.41) is 21.0. The average Bonchev–Trinajstić information content (AvgIpc) is 3.29. The number of allylic oxidation sites excluding steroid dienone is 3. The normalized spacial score (nSPS) is 26.9. The molecule has 1 aromatic carbocycles. The van der Waals surface area contributed by atoms with E-state index in [4.69, 9.17) is 4.74 Å². The number of carbonyl (C=O) groups is 1. The van der Waals surface area contributed by atoms with E-state index in [1.54, 1.807) is 12.2 Å². The van der Waals surface area contributed by atoms with Crippen molar-refractivity contribution >= 4 is 5.97 Å². The molecule has 0 aromatic heterocycles. The minimum Gasteiger partial charge on any atom is -0.463 e. The number of fused-ring (bicyclic) bond motifs is 1. The number of aliphatic hydroxyl groups excluding tert-OH is 2. The summed E-state index contributed by atoms with van der Waals surface area (Å²) in [4.78, 5) is 11.6. The van der Waals surface area contributed by atoms with Crippen molar-refractivity contribution in [1.29, 1.82) is 0 Å². The first-order chi connectivity index (χ1) is 15.3. The maximum absolute atomic E-state index is 14.6. The summed E-state index contributed by atoms with van der Waals surface area (Å²) in [6.07, 6.45) is 9.24. The Balaban J connectivity index is 1.47. The fourth-order valence-electron chi connectivity index (χ4n) is 4.96. The molecule has 0 saturated heterocycles. The lowest BCUT2D eigenvalue weighted by Gasteiger charge is -2.20. The van der Waals surface area contributed by atoms with Crippen LogP contribution in [0.5, 0.6) is 0 Å². The SMILES string of the molecule is CC(C)OC(=O)CCC/C=C\CC1C(/C=C/[C@H](O)C2Cc3ccccc3C2)[C@@H](F)C[C@@H]1O. The van der Waals surface area contributed by atoms with E-state index < -0.39 is 24.3 Å². The minimum atomic E-state index is -1.10. The van der Waals surface area contributed by atoms with Gasteiger partial charge in [0.2, 0.25) is 0 Å². The van der Waals surface area contributed by atoms with Gasteiger partial charge in [0, 0.05) is 18.8 Å². The maximum Gasteiger partial charge on any atom is 0.306 e. The Hall–Kier alpha value is -1.98. The summed E-state index contributed by atoms with van der Waals surface area (Å²) in [6, 6.07) is 8.25. The third-order valence-corrected chi connectivity index (χ3v) is 6.66. The van der Waals surface area contributed by atoms with Crippen LogP contribution < -0.4 is 0 Å². The van der Waals surface area contributed by atoms with Crippen LogP contribution >= 0.6 is 0 Å². The summed E-state index contributed by atoms with van der Waals surface area (Å²) in [5.41, 5.74) is 2.56. The Morgan fingerprint density at radius 1 is 1.22 bits per heavy atom. The molecular formula is C27H37FO4. The van der Waals surface area contributed by atoms with Gasteiger partial charge < -0.3 is 14.9 Å². The molecule has 2 N–H and O–H groups in total. The fourth-order valence-corrected chi connectivity index (χ4v) is 4.96. The van der Waals surface area contributed by atoms with Crippen molar-refractivity contribution in [3.05, 3.63) is 59.7 Å². The molecule has 4 nitrogen and oxygen atoms in total. The first-order valence-electron chi connectivity index (χ1n) is 11.9. The molecule has 5 atom stereocenters. The predicted octanol–water partition coefficient (Wildman–Crippen LogP) is 4.72. The zero-order chi connectivity index (χ0) is 23.1. The van der Waals surface area contributed by atoms with E-state index in [0.717, 1.165) is 19.3 Å². The summed E-state index contributed by atoms with van der Waals surface area (Å²) in [6.45, 7) is 3.67. The van der Waals surface area contributed by atoms with Gasteiger partial charge in [-0.15, -0.1) is 0 Å². The molecule has 0 bridgehead atoms. The van der Waals surface area contributed by atoms with E-state index >= 15 is 0 Å². The highest BCUT2D eigenvalue weighted by molar-refractivity contribution is 5.69. The standard InChI is InChI=1S/C27H37FO4/c1-18(2)32-27(31)12-6-4-3-5-11-23-22(24(28)17-26(23)30)13-14-25(29)21-15-19-9-7-8-10-20(19)16-21/h3,5,7-10,13-14,18,21-26,29-30H,4,6,11-12,15-17H2,1-2H3/b5-3-,14-13+/t22?,23?,24-,25-,26-/m0/s1. The number of alkyl halides is 1. The van der Waals surface area contributed by atoms with E-state index in [0.29, 0.717) is 19.3 Å². The van der Waals surface area contributed by atoms with Crippen LogP contribution in [0.3, 0.4) is 0 Å². The van der Waals surface area contributed by atoms with Crippen LogP contribution in [0.2, 0.25) is 0 Å². The molecule has 176 valence electrons. The second kappa shape index (κ2) is 11.8. The lowest BCUT2D eigenvalue weighted by atomic mass is 9.89. The summed E-state index contributed by atoms with van der Waals surface area (Å²) >= 11 is 0. The largest absolute Gasteiger partial charge is 0.463 e. The van der Waals surface area contributed by atoms with Crippen molar-refractivity contribution in [2.45, 2.75) is 83.3 Å². The van der Waals surface area contributed by atoms with Crippen molar-refractivity contribution in [3.63, 3.8) is 0 Å². The van der Waals surface area contributed by atoms with E-state index in [2.05, 4.69) is 12.1 Å². The number of rotatable bonds is 10. The fraction of sp³-hybridized carbons (Fsp3) is 0.593. The van der Waals surface area contributed by atoms with Crippen LogP contribution in [0.1, 0.15) is 57.1 Å². The highest BCUT2D eigenvalue weighted by Gasteiger charge is 2.40. The van der Waals surface area contributed by atoms with Crippen LogP contribution in [0.4, 0.5) is 4.39 Å². The number of aliphatic hydroxyl groups is 2. The van der Waals surface area contributed by atoms with Crippen LogP contribution in [0.25, 0.3) is 0 Å². The number of hydrogen-bond donors (Lipinski definition) is 2. The van der Waals surface area contributed by atoms with Crippen molar-refractivity contribution in [2.24, 2.45) is 17.8 Å². The number of hydrogen-bond acceptors (Lipinski definition) is 4. The first-order valence-corrected chi connectivity index (χ1v) is 11.9. The summed E-state index contributed by atoms with van der Waals surface area (Å²) in [7, 11) is 0. The topological polar surface area (TPSA) is 66.8 Å². The third-order valence-electron chi connectivity index (χ3n) is 6.66. The molecule has 0 heterocycles. The van der Waals surface area contributed by atoms with Crippen molar-refractivity contribution in [2.75, 3.05) is 0 Å². The van der Waals surface area contributed by atoms with E-state index in [9.17, 15) is 19.4 Å². The van der Waals surface area contributed by atoms with Gasteiger partial charge in [0.1, 0.15) is 6.17 Å². The van der Waals surface area contributed by atoms with Gasteiger partial charge in [0.25, 0.3) is 0 Å². The quantitative estimate of drug-likeness (QED) is 0.311. The van der Waals surface area contributed by atoms with E-state index in [1.165, 1.54) is 11.1 Å². The van der Waals surface area contributed by atoms with Crippen LogP contribution in [0, 0.1) is 17.8 Å². The molecule has 3 rings (SSSR count). The zero-order valence-corrected chi connectivity index (χ0v) is 19.2. The molecule has 0 aliphatic heterocycles. The Morgan fingerprint density at radius 2 is 1.91 bits per heavy atom. The molecule has 1 aromatic rings. The lowest BCUT2D eigenvalue weighted by molar-refractivity contribution is -0.147. The number of esters is 1. The minimum absolute atomic E-state index is 0.0944. The van der Waals surface area contributed by atoms with E-state index in [1.807, 2.05) is 38.1 Å². The van der Waals surface area contributed by atoms with Gasteiger partial charge in [0.15, 0.2) is 0 Å². The van der Waals surface area contributed by atoms with Crippen molar-refractivity contribution in [1.82, 2.24) is 0 Å². The summed E-state index contributed by atoms with van der Waals surface area (Å²) in [5.74, 6) is -0.659. The Labute approximate surface area is 191 Å². The van der Waals surface area contributed by atoms with Gasteiger partial charge >= 0.3 is 5.97 Å². The average molecular weight is 445 g/mol. The van der Waals surface area contributed by atoms with Gasteiger partial charge in [-0.25, -0.2) is 4.39 Å². The molecule has 0 amide bonds. The van der Waals surface area contributed by atoms with Gasteiger partial charge in [0.05, 0.1) is 18.3 Å². The molecule has 2 aliphatic rings. The van der Waals surface area contributed by atoms with Crippen LogP contribution in [-0.4, -0.2) is 40.7 Å². The third kappa shape index (κ3) is 6.76. The monoisotopic (exact) mass is 444 g/mol. The Morgan fingerprint density at radius 3 is 2.56 bits per heavy atom. The predicted molar refractivity (Wildman–Crippen MR) is 124 cm³/mol. The zero-order valence-electron chi connectivity index (χ0n) is 19.2. The molecule has 32 heavy (non-hydrogen) atoms. The van der Waals surface area contributed by atoms with Crippen molar-refractivity contribution in [3.8, 4) is 0 Å². The number of benzene rings is 1. The second-order valence-corrected chi connectivity index (χ2v) is 9.51. The Kier molecular flexibility index (Phi) is 9.06. The lowest BCUT2D eigenvalue weighted by Crippen LogP contribution is -2.21. The molecule has 1 fully saturated rings. The molecule has 5 heteroatoms. The number of unbranched alkanes of at least 4 members (excludes halogenated alkanes) is 1. The van der Waals surface area contributed by atoms with E-state index in [-0.39, 0.29) is 30.3 Å². The van der Waals surface area contributed by atoms with Crippen LogP contribution in [-0.2, 0) is 22.4 Å². The molecular weight excluding hydrogens is 407 g/mol. The number of ether oxygens (including phenoxy) is 1. The van der Waals surface area contributed by atoms with Crippen molar-refractivity contribution < 1.29 is 24.1 Å². The molecule has 0 radical (unpaired) electrons. The number of halogens is 1. The second-order valence-electron chi connectivity index (χ2n) is 9.51. The number of carbonyl (C=O) groups excluding carboxylic acids is 1. The molecule has 0 spiro atoms. The molecule has 2 aliphatic carbocycles. The van der Waals surface area contributed by atoms with Gasteiger partial charge in [-0.3, -0.25) is 4.79 Å². The summed E-state index contributed by atoms with van der Waals surface area (Å²) < 4.78 is 19.7. The van der Waals surface area contributed by atoms with Gasteiger partial charge in [-0.2, -0.15) is 0 Å². The maximum atomic E-state index is 14.6. The Bertz CT molecular complexity index is 778. The first kappa shape index (κ1) is 24.7. The van der Waals surface area contributed by atoms with Crippen LogP contribution in [0.15, 0.2) is 48.6 Å². The van der Waals surface area contributed by atoms with Gasteiger partial charge in [-0.1, -0.05) is 48.6 Å². The molecule has 1 saturated carbocycles. The smallest absolute Gasteiger partial charge is 0.306 e. The highest BCUT2D eigenvalue weighted by Crippen LogP contribution is 2.38. The van der Waals surface area contributed by atoms with Gasteiger partial charge in [-0.05, 0) is 68.9 Å².